The van der Waals surface area contributed by atoms with Gasteiger partial charge in [-0.2, -0.15) is 4.31 Å². The van der Waals surface area contributed by atoms with Gasteiger partial charge in [0.25, 0.3) is 5.91 Å². The number of benzene rings is 1. The molecule has 1 aliphatic heterocycles. The van der Waals surface area contributed by atoms with Crippen molar-refractivity contribution in [2.24, 2.45) is 0 Å². The van der Waals surface area contributed by atoms with Crippen molar-refractivity contribution in [3.05, 3.63) is 65.7 Å². The minimum absolute atomic E-state index is 0.0755. The third-order valence-electron chi connectivity index (χ3n) is 4.90. The van der Waals surface area contributed by atoms with E-state index in [1.165, 1.54) is 52.1 Å². The first-order valence-electron chi connectivity index (χ1n) is 10.3. The molecule has 1 N–H and O–H groups in total. The van der Waals surface area contributed by atoms with E-state index in [9.17, 15) is 18.0 Å². The zero-order valence-corrected chi connectivity index (χ0v) is 20.0. The Morgan fingerprint density at radius 1 is 1.24 bits per heavy atom. The first-order valence-corrected chi connectivity index (χ1v) is 12.6. The highest BCUT2D eigenvalue weighted by atomic mass is 32.2. The fraction of sp³-hybridized carbons (Fsp3) is 0.318. The van der Waals surface area contributed by atoms with Crippen LogP contribution in [0.25, 0.3) is 0 Å². The molecule has 0 fully saturated rings. The summed E-state index contributed by atoms with van der Waals surface area (Å²) in [7, 11) is -3.74. The molecule has 176 valence electrons. The Hall–Kier alpha value is -3.02. The van der Waals surface area contributed by atoms with Gasteiger partial charge < -0.3 is 9.64 Å². The number of thiazole rings is 1. The van der Waals surface area contributed by atoms with Crippen molar-refractivity contribution in [3.63, 3.8) is 0 Å². The minimum Gasteiger partial charge on any atom is -0.450 e. The summed E-state index contributed by atoms with van der Waals surface area (Å²) in [5.41, 5.74) is 1.15. The topological polar surface area (TPSA) is 109 Å². The van der Waals surface area contributed by atoms with Crippen molar-refractivity contribution < 1.29 is 22.7 Å². The van der Waals surface area contributed by atoms with Gasteiger partial charge in [-0.1, -0.05) is 23.5 Å². The molecule has 2 heterocycles. The van der Waals surface area contributed by atoms with Crippen molar-refractivity contribution >= 4 is 38.5 Å². The van der Waals surface area contributed by atoms with Crippen LogP contribution in [-0.2, 0) is 27.7 Å². The number of nitrogens with zero attached hydrogens (tertiary/aromatic N) is 3. The van der Waals surface area contributed by atoms with Gasteiger partial charge in [-0.05, 0) is 31.2 Å². The number of ether oxygens (including phenoxy) is 1. The Labute approximate surface area is 197 Å². The zero-order valence-electron chi connectivity index (χ0n) is 18.3. The summed E-state index contributed by atoms with van der Waals surface area (Å²) in [5.74, 6) is -0.402. The smallest absolute Gasteiger partial charge is 0.410 e. The predicted molar refractivity (Wildman–Crippen MR) is 127 cm³/mol. The van der Waals surface area contributed by atoms with Crippen molar-refractivity contribution in [1.82, 2.24) is 14.2 Å². The van der Waals surface area contributed by atoms with E-state index in [4.69, 9.17) is 4.74 Å². The number of fused-ring (bicyclic) bond motifs is 1. The highest BCUT2D eigenvalue weighted by Gasteiger charge is 2.26. The van der Waals surface area contributed by atoms with E-state index in [1.54, 1.807) is 11.8 Å². The van der Waals surface area contributed by atoms with E-state index in [0.717, 1.165) is 10.6 Å². The van der Waals surface area contributed by atoms with Crippen LogP contribution in [0, 0.1) is 0 Å². The van der Waals surface area contributed by atoms with Gasteiger partial charge in [-0.3, -0.25) is 10.1 Å². The van der Waals surface area contributed by atoms with Crippen LogP contribution >= 0.6 is 11.3 Å². The molecule has 0 bridgehead atoms. The van der Waals surface area contributed by atoms with Crippen LogP contribution in [0.4, 0.5) is 9.93 Å². The molecular formula is C22H26N4O5S2. The molecule has 3 rings (SSSR count). The van der Waals surface area contributed by atoms with Crippen LogP contribution in [0.5, 0.6) is 0 Å². The maximum Gasteiger partial charge on any atom is 0.410 e. The Morgan fingerprint density at radius 2 is 1.91 bits per heavy atom. The normalized spacial score (nSPS) is 13.3. The van der Waals surface area contributed by atoms with Crippen molar-refractivity contribution in [2.75, 3.05) is 31.6 Å². The average Bonchev–Trinajstić information content (AvgIpc) is 3.20. The fourth-order valence-corrected chi connectivity index (χ4v) is 5.68. The lowest BCUT2D eigenvalue weighted by Gasteiger charge is -2.24. The quantitative estimate of drug-likeness (QED) is 0.541. The van der Waals surface area contributed by atoms with E-state index >= 15 is 0 Å². The maximum absolute atomic E-state index is 12.8. The third kappa shape index (κ3) is 5.67. The summed E-state index contributed by atoms with van der Waals surface area (Å²) in [6.07, 6.45) is 3.22. The fourth-order valence-electron chi connectivity index (χ4n) is 3.27. The summed E-state index contributed by atoms with van der Waals surface area (Å²) >= 11 is 1.31. The Kier molecular flexibility index (Phi) is 8.01. The van der Waals surface area contributed by atoms with Gasteiger partial charge >= 0.3 is 6.09 Å². The van der Waals surface area contributed by atoms with Crippen LogP contribution in [0.1, 0.15) is 27.9 Å². The predicted octanol–water partition coefficient (Wildman–Crippen LogP) is 3.27. The van der Waals surface area contributed by atoms with Crippen LogP contribution in [0.2, 0.25) is 0 Å². The van der Waals surface area contributed by atoms with Gasteiger partial charge in [0.1, 0.15) is 0 Å². The third-order valence-corrected chi connectivity index (χ3v) is 7.74. The first kappa shape index (κ1) is 24.6. The number of carbonyl (C=O) groups excluding carboxylic acids is 2. The number of amides is 2. The number of carbonyl (C=O) groups is 2. The lowest BCUT2D eigenvalue weighted by molar-refractivity contribution is 0.102. The molecule has 1 aromatic carbocycles. The second kappa shape index (κ2) is 10.7. The summed E-state index contributed by atoms with van der Waals surface area (Å²) in [6.45, 7) is 10.4. The van der Waals surface area contributed by atoms with Crippen LogP contribution < -0.4 is 5.32 Å². The van der Waals surface area contributed by atoms with Crippen LogP contribution in [-0.4, -0.2) is 60.8 Å². The molecule has 0 aliphatic carbocycles. The van der Waals surface area contributed by atoms with Crippen molar-refractivity contribution in [2.45, 2.75) is 24.8 Å². The highest BCUT2D eigenvalue weighted by molar-refractivity contribution is 7.89. The molecule has 2 amide bonds. The van der Waals surface area contributed by atoms with E-state index in [1.807, 2.05) is 0 Å². The standard InChI is InChI=1S/C22H26N4O5S2/c1-4-12-26(13-5-2)33(29,30)17-9-7-16(8-10-17)20(27)24-21-23-18-11-14-25(15-19(18)32-21)22(28)31-6-3/h4-5,7-10H,1-2,6,11-15H2,3H3,(H,23,24,27). The Bertz CT molecular complexity index is 1130. The monoisotopic (exact) mass is 490 g/mol. The lowest BCUT2D eigenvalue weighted by atomic mass is 10.2. The number of sulfonamides is 1. The van der Waals surface area contributed by atoms with Gasteiger partial charge in [-0.25, -0.2) is 18.2 Å². The molecule has 0 unspecified atom stereocenters. The molecule has 9 nitrogen and oxygen atoms in total. The number of aromatic nitrogens is 1. The van der Waals surface area contributed by atoms with Gasteiger partial charge in [0.15, 0.2) is 5.13 Å². The van der Waals surface area contributed by atoms with Gasteiger partial charge in [0, 0.05) is 36.5 Å². The maximum atomic E-state index is 12.8. The number of hydrogen-bond acceptors (Lipinski definition) is 7. The molecule has 0 radical (unpaired) electrons. The first-order chi connectivity index (χ1) is 15.8. The molecule has 0 saturated heterocycles. The molecule has 0 atom stereocenters. The summed E-state index contributed by atoms with van der Waals surface area (Å²) in [4.78, 5) is 31.7. The number of nitrogens with one attached hydrogen (secondary N) is 1. The molecule has 1 aliphatic rings. The van der Waals surface area contributed by atoms with E-state index < -0.39 is 15.9 Å². The van der Waals surface area contributed by atoms with Crippen LogP contribution in [0.3, 0.4) is 0 Å². The summed E-state index contributed by atoms with van der Waals surface area (Å²) < 4.78 is 31.9. The average molecular weight is 491 g/mol. The second-order valence-electron chi connectivity index (χ2n) is 7.14. The summed E-state index contributed by atoms with van der Waals surface area (Å²) in [6, 6.07) is 5.71. The molecule has 11 heteroatoms. The van der Waals surface area contributed by atoms with Crippen LogP contribution in [0.15, 0.2) is 54.5 Å². The zero-order chi connectivity index (χ0) is 24.0. The largest absolute Gasteiger partial charge is 0.450 e. The SMILES string of the molecule is C=CCN(CC=C)S(=O)(=O)c1ccc(C(=O)Nc2nc3c(s2)CN(C(=O)OCC)CC3)cc1. The van der Waals surface area contributed by atoms with E-state index in [0.29, 0.717) is 36.8 Å². The molecular weight excluding hydrogens is 464 g/mol. The lowest BCUT2D eigenvalue weighted by Crippen LogP contribution is -2.35. The minimum atomic E-state index is -3.74. The van der Waals surface area contributed by atoms with Crippen molar-refractivity contribution in [1.29, 1.82) is 0 Å². The Balaban J connectivity index is 1.69. The van der Waals surface area contributed by atoms with E-state index in [-0.39, 0.29) is 24.1 Å². The molecule has 1 aromatic heterocycles. The Morgan fingerprint density at radius 3 is 2.52 bits per heavy atom. The van der Waals surface area contributed by atoms with Gasteiger partial charge in [0.05, 0.1) is 23.7 Å². The molecule has 33 heavy (non-hydrogen) atoms. The molecule has 2 aromatic rings. The highest BCUT2D eigenvalue weighted by Crippen LogP contribution is 2.29. The summed E-state index contributed by atoms with van der Waals surface area (Å²) in [5, 5.41) is 3.18. The van der Waals surface area contributed by atoms with Gasteiger partial charge in [0.2, 0.25) is 10.0 Å². The van der Waals surface area contributed by atoms with E-state index in [2.05, 4.69) is 23.5 Å². The number of hydrogen-bond donors (Lipinski definition) is 1. The number of rotatable bonds is 9. The molecule has 0 spiro atoms. The van der Waals surface area contributed by atoms with Crippen molar-refractivity contribution in [3.8, 4) is 0 Å². The second-order valence-corrected chi connectivity index (χ2v) is 10.2. The van der Waals surface area contributed by atoms with Gasteiger partial charge in [-0.15, -0.1) is 13.2 Å². The number of anilines is 1. The molecule has 0 saturated carbocycles.